The zero-order chi connectivity index (χ0) is 36.6. The van der Waals surface area contributed by atoms with Gasteiger partial charge in [0.1, 0.15) is 13.2 Å². The second-order valence-electron chi connectivity index (χ2n) is 15.0. The molecule has 0 aliphatic rings. The van der Waals surface area contributed by atoms with Crippen LogP contribution in [0.4, 0.5) is 0 Å². The third-order valence-electron chi connectivity index (χ3n) is 9.86. The first-order valence-electron chi connectivity index (χ1n) is 22.0. The number of rotatable bonds is 40. The van der Waals surface area contributed by atoms with Crippen molar-refractivity contribution in [3.8, 4) is 0 Å². The highest BCUT2D eigenvalue weighted by atomic mass is 16.6. The SMILES string of the molecule is CCCCCCCCCCCCCCCCCCCCC(=O)OC[C@H](COC(=O)CCCCCCCCC)OC(=O)CCCCCCCCC. The molecule has 0 aliphatic carbocycles. The Balaban J connectivity index is 4.11. The van der Waals surface area contributed by atoms with Crippen LogP contribution in [0, 0.1) is 0 Å². The molecular weight excluding hydrogens is 624 g/mol. The molecule has 1 atom stereocenters. The quantitative estimate of drug-likeness (QED) is 0.0358. The molecule has 0 aromatic heterocycles. The lowest BCUT2D eigenvalue weighted by molar-refractivity contribution is -0.167. The van der Waals surface area contributed by atoms with Gasteiger partial charge in [0.2, 0.25) is 0 Å². The molecule has 0 rings (SSSR count). The van der Waals surface area contributed by atoms with Crippen LogP contribution in [0.25, 0.3) is 0 Å². The number of unbranched alkanes of at least 4 members (excludes halogenated alkanes) is 29. The summed E-state index contributed by atoms with van der Waals surface area (Å²) in [7, 11) is 0. The van der Waals surface area contributed by atoms with Crippen molar-refractivity contribution >= 4 is 17.9 Å². The molecule has 6 heteroatoms. The Morgan fingerprint density at radius 1 is 0.320 bits per heavy atom. The van der Waals surface area contributed by atoms with Gasteiger partial charge < -0.3 is 14.2 Å². The summed E-state index contributed by atoms with van der Waals surface area (Å²) in [6.07, 6.45) is 39.7. The minimum absolute atomic E-state index is 0.0641. The van der Waals surface area contributed by atoms with Crippen LogP contribution in [0.3, 0.4) is 0 Å². The van der Waals surface area contributed by atoms with Gasteiger partial charge in [-0.25, -0.2) is 0 Å². The van der Waals surface area contributed by atoms with E-state index >= 15 is 0 Å². The molecular formula is C44H84O6. The van der Waals surface area contributed by atoms with E-state index in [1.54, 1.807) is 0 Å². The lowest BCUT2D eigenvalue weighted by atomic mass is 10.0. The lowest BCUT2D eigenvalue weighted by Crippen LogP contribution is -2.30. The first-order valence-corrected chi connectivity index (χ1v) is 22.0. The van der Waals surface area contributed by atoms with Gasteiger partial charge >= 0.3 is 17.9 Å². The molecule has 0 heterocycles. The van der Waals surface area contributed by atoms with Crippen molar-refractivity contribution in [3.05, 3.63) is 0 Å². The minimum atomic E-state index is -0.755. The second-order valence-corrected chi connectivity index (χ2v) is 15.0. The molecule has 0 radical (unpaired) electrons. The zero-order valence-electron chi connectivity index (χ0n) is 33.7. The van der Waals surface area contributed by atoms with E-state index in [1.807, 2.05) is 0 Å². The Labute approximate surface area is 310 Å². The maximum atomic E-state index is 12.5. The average molecular weight is 709 g/mol. The van der Waals surface area contributed by atoms with Crippen molar-refractivity contribution in [2.45, 2.75) is 252 Å². The third-order valence-corrected chi connectivity index (χ3v) is 9.86. The van der Waals surface area contributed by atoms with Gasteiger partial charge in [-0.1, -0.05) is 207 Å². The number of carbonyl (C=O) groups is 3. The van der Waals surface area contributed by atoms with Gasteiger partial charge in [0.05, 0.1) is 0 Å². The Morgan fingerprint density at radius 3 is 0.800 bits per heavy atom. The van der Waals surface area contributed by atoms with E-state index in [4.69, 9.17) is 14.2 Å². The van der Waals surface area contributed by atoms with Gasteiger partial charge in [-0.3, -0.25) is 14.4 Å². The Bertz CT molecular complexity index is 738. The summed E-state index contributed by atoms with van der Waals surface area (Å²) < 4.78 is 16.6. The molecule has 0 amide bonds. The Hall–Kier alpha value is -1.59. The van der Waals surface area contributed by atoms with E-state index in [0.29, 0.717) is 19.3 Å². The summed E-state index contributed by atoms with van der Waals surface area (Å²) in [5.41, 5.74) is 0. The van der Waals surface area contributed by atoms with Crippen LogP contribution in [0.2, 0.25) is 0 Å². The second kappa shape index (κ2) is 40.2. The van der Waals surface area contributed by atoms with Crippen molar-refractivity contribution in [3.63, 3.8) is 0 Å². The molecule has 0 aliphatic heterocycles. The maximum absolute atomic E-state index is 12.5. The summed E-state index contributed by atoms with van der Waals surface area (Å²) >= 11 is 0. The molecule has 0 fully saturated rings. The summed E-state index contributed by atoms with van der Waals surface area (Å²) in [6.45, 7) is 6.57. The van der Waals surface area contributed by atoms with Crippen molar-refractivity contribution in [2.75, 3.05) is 13.2 Å². The normalized spacial score (nSPS) is 11.8. The van der Waals surface area contributed by atoms with Crippen LogP contribution in [-0.2, 0) is 28.6 Å². The fourth-order valence-corrected chi connectivity index (χ4v) is 6.50. The van der Waals surface area contributed by atoms with Crippen LogP contribution in [-0.4, -0.2) is 37.2 Å². The van der Waals surface area contributed by atoms with Crippen LogP contribution in [0.5, 0.6) is 0 Å². The summed E-state index contributed by atoms with van der Waals surface area (Å²) in [6, 6.07) is 0. The molecule has 0 aromatic carbocycles. The highest BCUT2D eigenvalue weighted by Gasteiger charge is 2.19. The van der Waals surface area contributed by atoms with E-state index in [1.165, 1.54) is 148 Å². The molecule has 0 saturated carbocycles. The van der Waals surface area contributed by atoms with Crippen LogP contribution in [0.15, 0.2) is 0 Å². The topological polar surface area (TPSA) is 78.9 Å². The molecule has 0 unspecified atom stereocenters. The molecule has 0 spiro atoms. The minimum Gasteiger partial charge on any atom is -0.462 e. The van der Waals surface area contributed by atoms with Gasteiger partial charge in [-0.05, 0) is 19.3 Å². The predicted octanol–water partition coefficient (Wildman–Crippen LogP) is 13.7. The lowest BCUT2D eigenvalue weighted by Gasteiger charge is -2.18. The third kappa shape index (κ3) is 37.7. The molecule has 0 N–H and O–H groups in total. The van der Waals surface area contributed by atoms with E-state index in [-0.39, 0.29) is 31.1 Å². The van der Waals surface area contributed by atoms with Crippen molar-refractivity contribution in [1.82, 2.24) is 0 Å². The summed E-state index contributed by atoms with van der Waals surface area (Å²) in [5.74, 6) is -0.868. The Morgan fingerprint density at radius 2 is 0.540 bits per heavy atom. The molecule has 0 saturated heterocycles. The smallest absolute Gasteiger partial charge is 0.306 e. The van der Waals surface area contributed by atoms with Crippen LogP contribution < -0.4 is 0 Å². The maximum Gasteiger partial charge on any atom is 0.306 e. The number of ether oxygens (including phenoxy) is 3. The zero-order valence-corrected chi connectivity index (χ0v) is 33.7. The molecule has 0 bridgehead atoms. The van der Waals surface area contributed by atoms with Crippen molar-refractivity contribution in [2.24, 2.45) is 0 Å². The van der Waals surface area contributed by atoms with E-state index in [0.717, 1.165) is 57.8 Å². The number of carbonyl (C=O) groups excluding carboxylic acids is 3. The monoisotopic (exact) mass is 709 g/mol. The number of esters is 3. The summed E-state index contributed by atoms with van der Waals surface area (Å²) in [5, 5.41) is 0. The predicted molar refractivity (Wildman–Crippen MR) is 210 cm³/mol. The molecule has 50 heavy (non-hydrogen) atoms. The van der Waals surface area contributed by atoms with Gasteiger partial charge in [-0.2, -0.15) is 0 Å². The summed E-state index contributed by atoms with van der Waals surface area (Å²) in [4.78, 5) is 37.4. The van der Waals surface area contributed by atoms with Crippen LogP contribution in [0.1, 0.15) is 245 Å². The van der Waals surface area contributed by atoms with Crippen molar-refractivity contribution < 1.29 is 28.6 Å². The van der Waals surface area contributed by atoms with Gasteiger partial charge in [0, 0.05) is 19.3 Å². The fraction of sp³-hybridized carbons (Fsp3) is 0.932. The number of hydrogen-bond donors (Lipinski definition) is 0. The highest BCUT2D eigenvalue weighted by Crippen LogP contribution is 2.16. The van der Waals surface area contributed by atoms with Gasteiger partial charge in [0.15, 0.2) is 6.10 Å². The first-order chi connectivity index (χ1) is 24.5. The van der Waals surface area contributed by atoms with E-state index in [2.05, 4.69) is 20.8 Å². The van der Waals surface area contributed by atoms with Gasteiger partial charge in [-0.15, -0.1) is 0 Å². The van der Waals surface area contributed by atoms with Crippen LogP contribution >= 0.6 is 0 Å². The fourth-order valence-electron chi connectivity index (χ4n) is 6.50. The Kier molecular flexibility index (Phi) is 38.9. The first kappa shape index (κ1) is 48.4. The standard InChI is InChI=1S/C44H84O6/c1-4-7-10-13-16-17-18-19-20-21-22-23-24-25-26-29-31-34-37-43(46)49-40-41(50-44(47)38-35-32-28-15-12-9-6-3)39-48-42(45)36-33-30-27-14-11-8-5-2/h41H,4-40H2,1-3H3/t41-/m0/s1. The van der Waals surface area contributed by atoms with E-state index in [9.17, 15) is 14.4 Å². The number of hydrogen-bond acceptors (Lipinski definition) is 6. The molecule has 296 valence electrons. The van der Waals surface area contributed by atoms with Gasteiger partial charge in [0.25, 0.3) is 0 Å². The molecule has 6 nitrogen and oxygen atoms in total. The molecule has 0 aromatic rings. The van der Waals surface area contributed by atoms with Crippen molar-refractivity contribution in [1.29, 1.82) is 0 Å². The average Bonchev–Trinajstić information content (AvgIpc) is 3.11. The largest absolute Gasteiger partial charge is 0.462 e. The highest BCUT2D eigenvalue weighted by molar-refractivity contribution is 5.71. The van der Waals surface area contributed by atoms with E-state index < -0.39 is 6.10 Å².